The summed E-state index contributed by atoms with van der Waals surface area (Å²) in [6, 6.07) is 13.1. The molecule has 8 nitrogen and oxygen atoms in total. The molecule has 1 aliphatic rings. The molecule has 0 unspecified atom stereocenters. The Balaban J connectivity index is 0.000000260. The smallest absolute Gasteiger partial charge is 0.386 e. The molecule has 0 amide bonds. The second-order valence-corrected chi connectivity index (χ2v) is 9.47. The van der Waals surface area contributed by atoms with Crippen LogP contribution in [0.25, 0.3) is 0 Å². The third-order valence-corrected chi connectivity index (χ3v) is 5.57. The molecule has 0 saturated heterocycles. The van der Waals surface area contributed by atoms with E-state index in [2.05, 4.69) is 26.7 Å². The number of benzene rings is 2. The van der Waals surface area contributed by atoms with E-state index in [4.69, 9.17) is 9.79 Å². The molecule has 1 aromatic heterocycles. The zero-order chi connectivity index (χ0) is 28.1. The van der Waals surface area contributed by atoms with E-state index in [0.717, 1.165) is 36.2 Å². The van der Waals surface area contributed by atoms with Crippen LogP contribution in [0.1, 0.15) is 47.2 Å². The maximum absolute atomic E-state index is 13.4. The Bertz CT molecular complexity index is 1360. The number of nitrogens with one attached hydrogen (secondary N) is 2. The van der Waals surface area contributed by atoms with Gasteiger partial charge >= 0.3 is 14.0 Å². The average Bonchev–Trinajstić information content (AvgIpc) is 3.65. The monoisotopic (exact) mass is 553 g/mol. The van der Waals surface area contributed by atoms with Crippen LogP contribution in [0.2, 0.25) is 0 Å². The van der Waals surface area contributed by atoms with Gasteiger partial charge < -0.3 is 15.2 Å². The number of alkyl halides is 3. The number of pyridine rings is 1. The van der Waals surface area contributed by atoms with E-state index >= 15 is 0 Å². The molecule has 0 spiro atoms. The van der Waals surface area contributed by atoms with Crippen LogP contribution in [-0.4, -0.2) is 20.6 Å². The number of aromatic nitrogens is 1. The summed E-state index contributed by atoms with van der Waals surface area (Å²) in [6.07, 6.45) is -2.28. The second-order valence-electron chi connectivity index (χ2n) is 8.31. The molecular weight excluding hydrogens is 529 g/mol. The lowest BCUT2D eigenvalue weighted by Crippen LogP contribution is -2.10. The second kappa shape index (κ2) is 11.8. The standard InChI is InChI=1S/C16H17FN3O4P.C9H7F3O/c1-10(18-14-8-7-12(17)9-13(14)11-5-6-11)19-15-3-2-4-16(20-15)24-25(21,22)23;1-6(13)7-2-4-8(5-3-7)9(10,11)12/h2-4,7-9,11,18H,1,5-6H2,(H,19,20)(H2,21,22,23);2-5H,1H3. The van der Waals surface area contributed by atoms with E-state index in [9.17, 15) is 26.9 Å². The first-order valence-electron chi connectivity index (χ1n) is 11.1. The lowest BCUT2D eigenvalue weighted by molar-refractivity contribution is -0.137. The Morgan fingerprint density at radius 1 is 1.08 bits per heavy atom. The minimum absolute atomic E-state index is 0.216. The van der Waals surface area contributed by atoms with E-state index in [1.54, 1.807) is 12.1 Å². The molecule has 0 radical (unpaired) electrons. The van der Waals surface area contributed by atoms with Crippen LogP contribution in [0.5, 0.6) is 5.88 Å². The molecule has 0 aliphatic heterocycles. The third kappa shape index (κ3) is 8.98. The van der Waals surface area contributed by atoms with E-state index in [1.165, 1.54) is 43.3 Å². The highest BCUT2D eigenvalue weighted by atomic mass is 31.2. The summed E-state index contributed by atoms with van der Waals surface area (Å²) in [5, 5.41) is 5.94. The minimum atomic E-state index is -4.68. The summed E-state index contributed by atoms with van der Waals surface area (Å²) >= 11 is 0. The van der Waals surface area contributed by atoms with Crippen molar-refractivity contribution in [2.75, 3.05) is 10.6 Å². The normalized spacial score (nSPS) is 13.1. The molecule has 1 saturated carbocycles. The molecule has 3 aromatic rings. The zero-order valence-corrected chi connectivity index (χ0v) is 20.9. The van der Waals surface area contributed by atoms with Gasteiger partial charge in [-0.05, 0) is 67.6 Å². The van der Waals surface area contributed by atoms with Gasteiger partial charge in [0.15, 0.2) is 5.78 Å². The number of nitrogens with zero attached hydrogens (tertiary/aromatic N) is 1. The predicted octanol–water partition coefficient (Wildman–Crippen LogP) is 6.47. The molecule has 38 heavy (non-hydrogen) atoms. The number of rotatable bonds is 8. The molecular formula is C25H24F4N3O5P. The molecule has 0 bridgehead atoms. The molecule has 4 N–H and O–H groups in total. The van der Waals surface area contributed by atoms with Crippen LogP contribution in [0.3, 0.4) is 0 Å². The van der Waals surface area contributed by atoms with E-state index < -0.39 is 19.6 Å². The Morgan fingerprint density at radius 3 is 2.29 bits per heavy atom. The summed E-state index contributed by atoms with van der Waals surface area (Å²) in [6.45, 7) is 5.15. The fourth-order valence-corrected chi connectivity index (χ4v) is 3.62. The van der Waals surface area contributed by atoms with Crippen molar-refractivity contribution in [3.8, 4) is 5.88 Å². The number of anilines is 2. The maximum Gasteiger partial charge on any atom is 0.526 e. The van der Waals surface area contributed by atoms with Gasteiger partial charge in [-0.1, -0.05) is 24.8 Å². The highest BCUT2D eigenvalue weighted by molar-refractivity contribution is 7.46. The van der Waals surface area contributed by atoms with Crippen molar-refractivity contribution in [3.05, 3.63) is 95.6 Å². The molecule has 1 aliphatic carbocycles. The van der Waals surface area contributed by atoms with Crippen molar-refractivity contribution >= 4 is 25.1 Å². The Labute approximate surface area is 215 Å². The molecule has 1 fully saturated rings. The van der Waals surface area contributed by atoms with Gasteiger partial charge in [0.05, 0.1) is 5.56 Å². The first-order chi connectivity index (χ1) is 17.7. The van der Waals surface area contributed by atoms with Crippen molar-refractivity contribution in [2.45, 2.75) is 31.9 Å². The summed E-state index contributed by atoms with van der Waals surface area (Å²) in [5.41, 5.74) is 1.20. The van der Waals surface area contributed by atoms with Gasteiger partial charge in [0.1, 0.15) is 17.5 Å². The summed E-state index contributed by atoms with van der Waals surface area (Å²) in [4.78, 5) is 32.3. The first-order valence-corrected chi connectivity index (χ1v) is 12.7. The number of hydrogen-bond acceptors (Lipinski definition) is 6. The minimum Gasteiger partial charge on any atom is -0.386 e. The van der Waals surface area contributed by atoms with Crippen LogP contribution < -0.4 is 15.2 Å². The van der Waals surface area contributed by atoms with Crippen LogP contribution in [0, 0.1) is 5.82 Å². The first kappa shape index (κ1) is 28.8. The predicted molar refractivity (Wildman–Crippen MR) is 133 cm³/mol. The van der Waals surface area contributed by atoms with Crippen LogP contribution in [0.15, 0.2) is 73.1 Å². The van der Waals surface area contributed by atoms with E-state index in [-0.39, 0.29) is 23.0 Å². The van der Waals surface area contributed by atoms with Gasteiger partial charge in [-0.25, -0.2) is 8.96 Å². The maximum atomic E-state index is 13.4. The van der Waals surface area contributed by atoms with Crippen molar-refractivity contribution in [2.24, 2.45) is 0 Å². The third-order valence-electron chi connectivity index (χ3n) is 5.15. The SMILES string of the molecule is C=C(Nc1cccc(OP(=O)(O)O)n1)Nc1ccc(F)cc1C1CC1.CC(=O)c1ccc(C(F)(F)F)cc1. The largest absolute Gasteiger partial charge is 0.526 e. The number of carbonyl (C=O) groups excluding carboxylic acids is 1. The fourth-order valence-electron chi connectivity index (χ4n) is 3.28. The van der Waals surface area contributed by atoms with Gasteiger partial charge in [-0.3, -0.25) is 14.6 Å². The highest BCUT2D eigenvalue weighted by Gasteiger charge is 2.30. The number of ketones is 1. The van der Waals surface area contributed by atoms with Crippen molar-refractivity contribution in [1.29, 1.82) is 0 Å². The fraction of sp³-hybridized carbons (Fsp3) is 0.200. The summed E-state index contributed by atoms with van der Waals surface area (Å²) < 4.78 is 64.9. The number of carbonyl (C=O) groups is 1. The highest BCUT2D eigenvalue weighted by Crippen LogP contribution is 2.44. The quantitative estimate of drug-likeness (QED) is 0.142. The summed E-state index contributed by atoms with van der Waals surface area (Å²) in [5.74, 6) is 0.285. The Morgan fingerprint density at radius 2 is 1.74 bits per heavy atom. The van der Waals surface area contributed by atoms with Crippen LogP contribution >= 0.6 is 7.82 Å². The lowest BCUT2D eigenvalue weighted by atomic mass is 10.1. The Kier molecular flexibility index (Phi) is 8.93. The number of phosphoric acid groups is 1. The lowest BCUT2D eigenvalue weighted by Gasteiger charge is -2.15. The molecule has 4 rings (SSSR count). The number of Topliss-reactive ketones (excluding diaryl/α,β-unsaturated/α-hetero) is 1. The van der Waals surface area contributed by atoms with Gasteiger partial charge in [0, 0.05) is 17.3 Å². The van der Waals surface area contributed by atoms with Gasteiger partial charge in [-0.15, -0.1) is 0 Å². The summed E-state index contributed by atoms with van der Waals surface area (Å²) in [7, 11) is -4.68. The van der Waals surface area contributed by atoms with Crippen LogP contribution in [-0.2, 0) is 10.7 Å². The van der Waals surface area contributed by atoms with Crippen molar-refractivity contribution in [3.63, 3.8) is 0 Å². The van der Waals surface area contributed by atoms with Gasteiger partial charge in [0.2, 0.25) is 5.88 Å². The van der Waals surface area contributed by atoms with Gasteiger partial charge in [-0.2, -0.15) is 18.2 Å². The Hall–Kier alpha value is -3.73. The average molecular weight is 553 g/mol. The molecule has 0 atom stereocenters. The van der Waals surface area contributed by atoms with Crippen LogP contribution in [0.4, 0.5) is 29.1 Å². The van der Waals surface area contributed by atoms with Crippen molar-refractivity contribution in [1.82, 2.24) is 4.98 Å². The van der Waals surface area contributed by atoms with Crippen molar-refractivity contribution < 1.29 is 41.2 Å². The molecule has 202 valence electrons. The number of hydrogen-bond donors (Lipinski definition) is 4. The molecule has 1 heterocycles. The molecule has 2 aromatic carbocycles. The zero-order valence-electron chi connectivity index (χ0n) is 20.0. The topological polar surface area (TPSA) is 121 Å². The van der Waals surface area contributed by atoms with Gasteiger partial charge in [0.25, 0.3) is 0 Å². The van der Waals surface area contributed by atoms with E-state index in [0.29, 0.717) is 17.6 Å². The van der Waals surface area contributed by atoms with E-state index in [1.807, 2.05) is 0 Å². The number of halogens is 4. The number of phosphoric ester groups is 1. The molecule has 13 heteroatoms.